The third kappa shape index (κ3) is 4.05. The third-order valence-corrected chi connectivity index (χ3v) is 4.70. The molecule has 1 unspecified atom stereocenters. The van der Waals surface area contributed by atoms with Crippen LogP contribution in [0, 0.1) is 5.92 Å². The zero-order valence-electron chi connectivity index (χ0n) is 10.5. The van der Waals surface area contributed by atoms with E-state index in [9.17, 15) is 0 Å². The molecule has 1 aromatic carbocycles. The number of hydrazine groups is 1. The number of benzene rings is 1. The summed E-state index contributed by atoms with van der Waals surface area (Å²) in [7, 11) is 0. The highest BCUT2D eigenvalue weighted by Gasteiger charge is 2.19. The van der Waals surface area contributed by atoms with Gasteiger partial charge in [0, 0.05) is 15.0 Å². The predicted octanol–water partition coefficient (Wildman–Crippen LogP) is 4.69. The van der Waals surface area contributed by atoms with Crippen LogP contribution in [0.3, 0.4) is 0 Å². The Kier molecular flexibility index (Phi) is 5.67. The molecule has 4 heteroatoms. The van der Waals surface area contributed by atoms with Crippen LogP contribution in [0.4, 0.5) is 0 Å². The zero-order chi connectivity index (χ0) is 13.0. The van der Waals surface area contributed by atoms with E-state index in [1.54, 1.807) is 0 Å². The molecule has 0 amide bonds. The fraction of sp³-hybridized carbons (Fsp3) is 0.571. The highest BCUT2D eigenvalue weighted by Crippen LogP contribution is 2.33. The van der Waals surface area contributed by atoms with Gasteiger partial charge in [-0.1, -0.05) is 64.0 Å². The molecule has 3 N–H and O–H groups in total. The lowest BCUT2D eigenvalue weighted by Gasteiger charge is -2.26. The van der Waals surface area contributed by atoms with Gasteiger partial charge in [-0.15, -0.1) is 0 Å². The quantitative estimate of drug-likeness (QED) is 0.591. The Balaban J connectivity index is 2.06. The molecule has 1 aromatic rings. The summed E-state index contributed by atoms with van der Waals surface area (Å²) in [6.07, 6.45) is 8.01. The summed E-state index contributed by atoms with van der Waals surface area (Å²) in [5.41, 5.74) is 4.23. The second-order valence-electron chi connectivity index (χ2n) is 5.16. The van der Waals surface area contributed by atoms with Gasteiger partial charge in [-0.25, -0.2) is 0 Å². The maximum absolute atomic E-state index is 5.74. The first-order chi connectivity index (χ1) is 8.69. The van der Waals surface area contributed by atoms with E-state index in [1.165, 1.54) is 37.7 Å². The lowest BCUT2D eigenvalue weighted by molar-refractivity contribution is 0.301. The van der Waals surface area contributed by atoms with Gasteiger partial charge in [0.1, 0.15) is 0 Å². The van der Waals surface area contributed by atoms with Crippen molar-refractivity contribution in [3.8, 4) is 0 Å². The van der Waals surface area contributed by atoms with Crippen molar-refractivity contribution in [2.45, 2.75) is 44.6 Å². The molecule has 1 atom stereocenters. The molecule has 0 aliphatic heterocycles. The van der Waals surface area contributed by atoms with Gasteiger partial charge in [-0.2, -0.15) is 0 Å². The summed E-state index contributed by atoms with van der Waals surface area (Å²) in [5, 5.41) is 0. The zero-order valence-corrected chi connectivity index (χ0v) is 13.6. The summed E-state index contributed by atoms with van der Waals surface area (Å²) in [5.74, 6) is 6.56. The first kappa shape index (κ1) is 14.5. The molecule has 1 saturated carbocycles. The van der Waals surface area contributed by atoms with Gasteiger partial charge in [0.25, 0.3) is 0 Å². The van der Waals surface area contributed by atoms with E-state index in [4.69, 9.17) is 5.84 Å². The highest BCUT2D eigenvalue weighted by molar-refractivity contribution is 9.11. The minimum Gasteiger partial charge on any atom is -0.271 e. The average Bonchev–Trinajstić information content (AvgIpc) is 2.36. The molecule has 0 heterocycles. The van der Waals surface area contributed by atoms with Gasteiger partial charge in [0.15, 0.2) is 0 Å². The first-order valence-electron chi connectivity index (χ1n) is 6.61. The van der Waals surface area contributed by atoms with Crippen LogP contribution in [-0.2, 0) is 0 Å². The van der Waals surface area contributed by atoms with Crippen LogP contribution in [0.25, 0.3) is 0 Å². The van der Waals surface area contributed by atoms with Crippen LogP contribution in [0.2, 0.25) is 0 Å². The molecular weight excluding hydrogens is 356 g/mol. The van der Waals surface area contributed by atoms with Crippen LogP contribution in [-0.4, -0.2) is 0 Å². The number of halogens is 2. The van der Waals surface area contributed by atoms with Crippen LogP contribution >= 0.6 is 31.9 Å². The van der Waals surface area contributed by atoms with Gasteiger partial charge in [0.2, 0.25) is 0 Å². The number of nitrogens with two attached hydrogens (primary N) is 1. The topological polar surface area (TPSA) is 38.0 Å². The van der Waals surface area contributed by atoms with Crippen molar-refractivity contribution in [3.63, 3.8) is 0 Å². The first-order valence-corrected chi connectivity index (χ1v) is 8.20. The smallest absolute Gasteiger partial charge is 0.0463 e. The van der Waals surface area contributed by atoms with Gasteiger partial charge in [-0.3, -0.25) is 11.3 Å². The fourth-order valence-electron chi connectivity index (χ4n) is 2.83. The molecule has 0 saturated heterocycles. The van der Waals surface area contributed by atoms with Crippen LogP contribution in [0.5, 0.6) is 0 Å². The molecule has 2 nitrogen and oxygen atoms in total. The lowest BCUT2D eigenvalue weighted by atomic mass is 9.83. The maximum Gasteiger partial charge on any atom is 0.0463 e. The molecule has 0 radical (unpaired) electrons. The van der Waals surface area contributed by atoms with Crippen molar-refractivity contribution < 1.29 is 0 Å². The van der Waals surface area contributed by atoms with E-state index in [1.807, 2.05) is 0 Å². The molecule has 1 aliphatic carbocycles. The van der Waals surface area contributed by atoms with Gasteiger partial charge >= 0.3 is 0 Å². The predicted molar refractivity (Wildman–Crippen MR) is 83.1 cm³/mol. The van der Waals surface area contributed by atoms with E-state index in [-0.39, 0.29) is 6.04 Å². The van der Waals surface area contributed by atoms with Crippen molar-refractivity contribution >= 4 is 31.9 Å². The second-order valence-corrected chi connectivity index (χ2v) is 6.99. The molecule has 0 aromatic heterocycles. The van der Waals surface area contributed by atoms with E-state index in [0.29, 0.717) is 0 Å². The van der Waals surface area contributed by atoms with Crippen LogP contribution in [0.15, 0.2) is 27.1 Å². The van der Waals surface area contributed by atoms with Gasteiger partial charge in [-0.05, 0) is 36.1 Å². The summed E-state index contributed by atoms with van der Waals surface area (Å²) >= 11 is 7.07. The van der Waals surface area contributed by atoms with Crippen molar-refractivity contribution in [1.29, 1.82) is 0 Å². The Labute approximate surface area is 126 Å². The number of nitrogens with one attached hydrogen (secondary N) is 1. The molecule has 1 aliphatic rings. The van der Waals surface area contributed by atoms with Crippen molar-refractivity contribution in [2.75, 3.05) is 0 Å². The Morgan fingerprint density at radius 1 is 1.11 bits per heavy atom. The Morgan fingerprint density at radius 3 is 2.28 bits per heavy atom. The summed E-state index contributed by atoms with van der Waals surface area (Å²) in [6.45, 7) is 0. The van der Waals surface area contributed by atoms with Gasteiger partial charge in [0.05, 0.1) is 0 Å². The van der Waals surface area contributed by atoms with E-state index in [2.05, 4.69) is 55.5 Å². The normalized spacial score (nSPS) is 18.8. The fourth-order valence-corrected chi connectivity index (χ4v) is 4.16. The van der Waals surface area contributed by atoms with Crippen molar-refractivity contribution in [1.82, 2.24) is 5.43 Å². The molecule has 18 heavy (non-hydrogen) atoms. The third-order valence-electron chi connectivity index (χ3n) is 3.78. The molecule has 2 rings (SSSR count). The Hall–Kier alpha value is 0.1000. The Morgan fingerprint density at radius 2 is 1.72 bits per heavy atom. The van der Waals surface area contributed by atoms with E-state index in [0.717, 1.165) is 21.3 Å². The SMILES string of the molecule is NNC(CC1CCCCC1)c1cc(Br)cc(Br)c1. The number of rotatable bonds is 4. The monoisotopic (exact) mass is 374 g/mol. The molecule has 0 spiro atoms. The van der Waals surface area contributed by atoms with Crippen molar-refractivity contribution in [2.24, 2.45) is 11.8 Å². The lowest BCUT2D eigenvalue weighted by Crippen LogP contribution is -2.30. The molecular formula is C14H20Br2N2. The van der Waals surface area contributed by atoms with E-state index >= 15 is 0 Å². The second kappa shape index (κ2) is 7.04. The Bertz CT molecular complexity index is 369. The molecule has 100 valence electrons. The maximum atomic E-state index is 5.74. The highest BCUT2D eigenvalue weighted by atomic mass is 79.9. The van der Waals surface area contributed by atoms with Crippen molar-refractivity contribution in [3.05, 3.63) is 32.7 Å². The van der Waals surface area contributed by atoms with Crippen LogP contribution < -0.4 is 11.3 Å². The standard InChI is InChI=1S/C14H20Br2N2/c15-12-7-11(8-13(16)9-12)14(18-17)6-10-4-2-1-3-5-10/h7-10,14,18H,1-6,17H2. The van der Waals surface area contributed by atoms with E-state index < -0.39 is 0 Å². The minimum atomic E-state index is 0.252. The van der Waals surface area contributed by atoms with Crippen LogP contribution in [0.1, 0.15) is 50.1 Å². The molecule has 0 bridgehead atoms. The average molecular weight is 376 g/mol. The number of hydrogen-bond acceptors (Lipinski definition) is 2. The summed E-state index contributed by atoms with van der Waals surface area (Å²) in [4.78, 5) is 0. The summed E-state index contributed by atoms with van der Waals surface area (Å²) < 4.78 is 2.19. The largest absolute Gasteiger partial charge is 0.271 e. The van der Waals surface area contributed by atoms with Gasteiger partial charge < -0.3 is 0 Å². The summed E-state index contributed by atoms with van der Waals surface area (Å²) in [6, 6.07) is 6.61. The number of hydrogen-bond donors (Lipinski definition) is 2. The minimum absolute atomic E-state index is 0.252. The molecule has 1 fully saturated rings.